The van der Waals surface area contributed by atoms with Crippen molar-refractivity contribution in [1.82, 2.24) is 9.55 Å². The molecule has 2 aromatic carbocycles. The van der Waals surface area contributed by atoms with Crippen LogP contribution in [0.1, 0.15) is 24.0 Å². The smallest absolute Gasteiger partial charge is 0.232 e. The molecule has 3 rings (SSSR count). The molecule has 0 amide bonds. The van der Waals surface area contributed by atoms with Gasteiger partial charge in [-0.05, 0) is 30.3 Å². The van der Waals surface area contributed by atoms with Gasteiger partial charge in [-0.2, -0.15) is 0 Å². The third kappa shape index (κ3) is 3.19. The zero-order chi connectivity index (χ0) is 16.4. The first-order valence-electron chi connectivity index (χ1n) is 7.17. The van der Waals surface area contributed by atoms with Crippen molar-refractivity contribution in [3.8, 4) is 5.75 Å². The van der Waals surface area contributed by atoms with E-state index in [1.807, 2.05) is 31.2 Å². The average molecular weight is 349 g/mol. The number of ether oxygens (including phenoxy) is 1. The first kappa shape index (κ1) is 15.8. The Morgan fingerprint density at radius 1 is 1.22 bits per heavy atom. The molecular weight excluding hydrogens is 335 g/mol. The molecule has 0 saturated heterocycles. The van der Waals surface area contributed by atoms with Gasteiger partial charge in [0, 0.05) is 11.4 Å². The molecule has 0 radical (unpaired) electrons. The van der Waals surface area contributed by atoms with Crippen LogP contribution in [0.15, 0.2) is 42.5 Å². The number of halogens is 2. The normalized spacial score (nSPS) is 10.9. The van der Waals surface area contributed by atoms with Crippen LogP contribution >= 0.6 is 23.2 Å². The minimum atomic E-state index is -0.0282. The fourth-order valence-electron chi connectivity index (χ4n) is 2.34. The van der Waals surface area contributed by atoms with Crippen LogP contribution in [0.4, 0.5) is 0 Å². The van der Waals surface area contributed by atoms with Gasteiger partial charge >= 0.3 is 0 Å². The molecule has 3 aromatic rings. The van der Waals surface area contributed by atoms with Crippen molar-refractivity contribution in [3.05, 3.63) is 58.3 Å². The van der Waals surface area contributed by atoms with Crippen LogP contribution in [0.3, 0.4) is 0 Å². The molecule has 0 fully saturated rings. The topological polar surface area (TPSA) is 44.1 Å². The van der Waals surface area contributed by atoms with Crippen LogP contribution in [0.25, 0.3) is 11.0 Å². The second kappa shape index (κ2) is 6.60. The van der Waals surface area contributed by atoms with Crippen molar-refractivity contribution in [2.45, 2.75) is 20.0 Å². The minimum Gasteiger partial charge on any atom is -0.484 e. The van der Waals surface area contributed by atoms with Crippen LogP contribution < -0.4 is 4.74 Å². The van der Waals surface area contributed by atoms with E-state index >= 15 is 0 Å². The number of hydrogen-bond acceptors (Lipinski definition) is 3. The molecule has 0 aliphatic carbocycles. The minimum absolute atomic E-state index is 0.0282. The highest BCUT2D eigenvalue weighted by molar-refractivity contribution is 6.35. The molecule has 0 atom stereocenters. The van der Waals surface area contributed by atoms with E-state index in [1.54, 1.807) is 22.8 Å². The zero-order valence-corrected chi connectivity index (χ0v) is 13.9. The van der Waals surface area contributed by atoms with Crippen molar-refractivity contribution in [1.29, 1.82) is 0 Å². The largest absolute Gasteiger partial charge is 0.484 e. The summed E-state index contributed by atoms with van der Waals surface area (Å²) in [4.78, 5) is 16.7. The number of rotatable bonds is 4. The third-order valence-electron chi connectivity index (χ3n) is 3.43. The number of hydrogen-bond donors (Lipinski definition) is 0. The maximum absolute atomic E-state index is 12.3. The van der Waals surface area contributed by atoms with Gasteiger partial charge in [0.25, 0.3) is 0 Å². The summed E-state index contributed by atoms with van der Waals surface area (Å²) >= 11 is 12.0. The van der Waals surface area contributed by atoms with Gasteiger partial charge in [0.15, 0.2) is 5.82 Å². The maximum atomic E-state index is 12.3. The lowest BCUT2D eigenvalue weighted by Gasteiger charge is -2.09. The van der Waals surface area contributed by atoms with Gasteiger partial charge in [0.2, 0.25) is 5.91 Å². The van der Waals surface area contributed by atoms with Crippen LogP contribution in [0, 0.1) is 0 Å². The number of fused-ring (bicyclic) bond motifs is 1. The fourth-order valence-corrected chi connectivity index (χ4v) is 2.81. The molecular formula is C17H14Cl2N2O2. The number of para-hydroxylation sites is 2. The van der Waals surface area contributed by atoms with Gasteiger partial charge in [0.05, 0.1) is 16.1 Å². The number of benzene rings is 2. The van der Waals surface area contributed by atoms with Gasteiger partial charge in [-0.3, -0.25) is 9.36 Å². The summed E-state index contributed by atoms with van der Waals surface area (Å²) in [6, 6.07) is 12.5. The molecule has 118 valence electrons. The van der Waals surface area contributed by atoms with E-state index in [2.05, 4.69) is 4.98 Å². The summed E-state index contributed by atoms with van der Waals surface area (Å²) in [5.41, 5.74) is 1.54. The van der Waals surface area contributed by atoms with Crippen LogP contribution in [0.2, 0.25) is 10.0 Å². The molecule has 0 unspecified atom stereocenters. The van der Waals surface area contributed by atoms with Crippen LogP contribution in [0.5, 0.6) is 5.75 Å². The number of imidazole rings is 1. The summed E-state index contributed by atoms with van der Waals surface area (Å²) in [6.07, 6.45) is 0.384. The Kier molecular flexibility index (Phi) is 4.55. The molecule has 1 aromatic heterocycles. The maximum Gasteiger partial charge on any atom is 0.232 e. The lowest BCUT2D eigenvalue weighted by Crippen LogP contribution is -2.14. The molecule has 0 N–H and O–H groups in total. The van der Waals surface area contributed by atoms with E-state index in [0.717, 1.165) is 11.0 Å². The summed E-state index contributed by atoms with van der Waals surface area (Å²) in [5.74, 6) is 1.02. The molecule has 0 spiro atoms. The first-order chi connectivity index (χ1) is 11.1. The van der Waals surface area contributed by atoms with Gasteiger partial charge in [-0.1, -0.05) is 42.3 Å². The standard InChI is InChI=1S/C17H14Cl2N2O2/c1-2-17(22)21-14-6-4-3-5-13(14)20-16(21)10-23-15-8-7-11(18)9-12(15)19/h3-9H,2,10H2,1H3. The highest BCUT2D eigenvalue weighted by atomic mass is 35.5. The molecule has 0 aliphatic heterocycles. The summed E-state index contributed by atoms with van der Waals surface area (Å²) in [6.45, 7) is 1.96. The Hall–Kier alpha value is -2.04. The Bertz CT molecular complexity index is 874. The van der Waals surface area contributed by atoms with Gasteiger partial charge in [-0.25, -0.2) is 4.98 Å². The fraction of sp³-hybridized carbons (Fsp3) is 0.176. The number of carbonyl (C=O) groups is 1. The van der Waals surface area contributed by atoms with E-state index in [4.69, 9.17) is 27.9 Å². The predicted molar refractivity (Wildman–Crippen MR) is 91.4 cm³/mol. The molecule has 1 heterocycles. The SMILES string of the molecule is CCC(=O)n1c(COc2ccc(Cl)cc2Cl)nc2ccccc21. The molecule has 23 heavy (non-hydrogen) atoms. The van der Waals surface area contributed by atoms with Crippen LogP contribution in [-0.2, 0) is 6.61 Å². The van der Waals surface area contributed by atoms with E-state index in [1.165, 1.54) is 0 Å². The number of carbonyl (C=O) groups excluding carboxylic acids is 1. The average Bonchev–Trinajstić information content (AvgIpc) is 2.91. The molecule has 0 bridgehead atoms. The Labute approximate surface area is 143 Å². The van der Waals surface area contributed by atoms with E-state index in [-0.39, 0.29) is 12.5 Å². The lowest BCUT2D eigenvalue weighted by atomic mass is 10.3. The second-order valence-corrected chi connectivity index (χ2v) is 5.81. The first-order valence-corrected chi connectivity index (χ1v) is 7.93. The summed E-state index contributed by atoms with van der Waals surface area (Å²) in [7, 11) is 0. The van der Waals surface area contributed by atoms with Crippen molar-refractivity contribution in [2.24, 2.45) is 0 Å². The van der Waals surface area contributed by atoms with E-state index < -0.39 is 0 Å². The molecule has 0 saturated carbocycles. The third-order valence-corrected chi connectivity index (χ3v) is 3.96. The van der Waals surface area contributed by atoms with E-state index in [9.17, 15) is 4.79 Å². The quantitative estimate of drug-likeness (QED) is 0.668. The van der Waals surface area contributed by atoms with E-state index in [0.29, 0.717) is 28.0 Å². The van der Waals surface area contributed by atoms with Gasteiger partial charge in [0.1, 0.15) is 12.4 Å². The van der Waals surface area contributed by atoms with Crippen molar-refractivity contribution >= 4 is 40.1 Å². The Morgan fingerprint density at radius 3 is 2.74 bits per heavy atom. The second-order valence-electron chi connectivity index (χ2n) is 4.96. The highest BCUT2D eigenvalue weighted by Gasteiger charge is 2.16. The highest BCUT2D eigenvalue weighted by Crippen LogP contribution is 2.28. The number of aromatic nitrogens is 2. The zero-order valence-electron chi connectivity index (χ0n) is 12.4. The van der Waals surface area contributed by atoms with Gasteiger partial charge in [-0.15, -0.1) is 0 Å². The Balaban J connectivity index is 1.94. The van der Waals surface area contributed by atoms with Gasteiger partial charge < -0.3 is 4.74 Å². The van der Waals surface area contributed by atoms with Crippen molar-refractivity contribution in [3.63, 3.8) is 0 Å². The lowest BCUT2D eigenvalue weighted by molar-refractivity contribution is 0.0905. The summed E-state index contributed by atoms with van der Waals surface area (Å²) in [5, 5.41) is 0.956. The Morgan fingerprint density at radius 2 is 2.00 bits per heavy atom. The van der Waals surface area contributed by atoms with Crippen molar-refractivity contribution in [2.75, 3.05) is 0 Å². The predicted octanol–water partition coefficient (Wildman–Crippen LogP) is 4.97. The number of nitrogens with zero attached hydrogens (tertiary/aromatic N) is 2. The van der Waals surface area contributed by atoms with Crippen molar-refractivity contribution < 1.29 is 9.53 Å². The summed E-state index contributed by atoms with van der Waals surface area (Å²) < 4.78 is 7.31. The molecule has 0 aliphatic rings. The molecule has 6 heteroatoms. The monoisotopic (exact) mass is 348 g/mol. The van der Waals surface area contributed by atoms with Crippen LogP contribution in [-0.4, -0.2) is 15.5 Å². The molecule has 4 nitrogen and oxygen atoms in total.